The van der Waals surface area contributed by atoms with Crippen molar-refractivity contribution in [2.24, 2.45) is 0 Å². The van der Waals surface area contributed by atoms with Crippen LogP contribution >= 0.6 is 11.3 Å². The molecule has 0 spiro atoms. The highest BCUT2D eigenvalue weighted by Crippen LogP contribution is 2.31. The molecule has 0 fully saturated rings. The number of ether oxygens (including phenoxy) is 2. The molecule has 0 aliphatic heterocycles. The molecule has 120 valence electrons. The van der Waals surface area contributed by atoms with Gasteiger partial charge in [-0.25, -0.2) is 8.42 Å². The van der Waals surface area contributed by atoms with Crippen LogP contribution < -0.4 is 9.47 Å². The standard InChI is InChI=1S/C15H19NO4S2/c1-11-8-13(19-3)14(20-4)9-12(11)10-16(2)22(17,18)15-6-5-7-21-15/h5-9H,10H2,1-4H3. The van der Waals surface area contributed by atoms with Gasteiger partial charge < -0.3 is 9.47 Å². The summed E-state index contributed by atoms with van der Waals surface area (Å²) < 4.78 is 37.1. The molecule has 0 radical (unpaired) electrons. The predicted molar refractivity (Wildman–Crippen MR) is 87.3 cm³/mol. The normalized spacial score (nSPS) is 11.7. The van der Waals surface area contributed by atoms with Gasteiger partial charge in [-0.1, -0.05) is 6.07 Å². The van der Waals surface area contributed by atoms with Gasteiger partial charge in [-0.2, -0.15) is 4.31 Å². The van der Waals surface area contributed by atoms with Crippen molar-refractivity contribution in [3.8, 4) is 11.5 Å². The zero-order valence-corrected chi connectivity index (χ0v) is 14.6. The van der Waals surface area contributed by atoms with E-state index in [1.807, 2.05) is 19.1 Å². The summed E-state index contributed by atoms with van der Waals surface area (Å²) in [5.41, 5.74) is 1.83. The number of aryl methyl sites for hydroxylation is 1. The minimum Gasteiger partial charge on any atom is -0.493 e. The summed E-state index contributed by atoms with van der Waals surface area (Å²) in [7, 11) is 1.24. The maximum absolute atomic E-state index is 12.5. The van der Waals surface area contributed by atoms with E-state index in [1.54, 1.807) is 38.8 Å². The second-order valence-electron chi connectivity index (χ2n) is 4.83. The fourth-order valence-electron chi connectivity index (χ4n) is 2.08. The zero-order valence-electron chi connectivity index (χ0n) is 13.0. The van der Waals surface area contributed by atoms with E-state index < -0.39 is 10.0 Å². The fourth-order valence-corrected chi connectivity index (χ4v) is 4.43. The first-order chi connectivity index (χ1) is 10.4. The molecule has 0 aliphatic carbocycles. The molecule has 1 heterocycles. The van der Waals surface area contributed by atoms with E-state index in [9.17, 15) is 8.42 Å². The van der Waals surface area contributed by atoms with Gasteiger partial charge in [0, 0.05) is 13.6 Å². The number of hydrogen-bond acceptors (Lipinski definition) is 5. The van der Waals surface area contributed by atoms with E-state index in [0.29, 0.717) is 15.7 Å². The van der Waals surface area contributed by atoms with E-state index in [4.69, 9.17) is 9.47 Å². The van der Waals surface area contributed by atoms with Gasteiger partial charge in [0.25, 0.3) is 10.0 Å². The minimum atomic E-state index is -3.47. The van der Waals surface area contributed by atoms with Crippen LogP contribution in [-0.4, -0.2) is 34.0 Å². The average molecular weight is 341 g/mol. The van der Waals surface area contributed by atoms with Gasteiger partial charge in [-0.15, -0.1) is 11.3 Å². The van der Waals surface area contributed by atoms with Crippen molar-refractivity contribution in [1.29, 1.82) is 0 Å². The van der Waals surface area contributed by atoms with Gasteiger partial charge in [0.2, 0.25) is 0 Å². The smallest absolute Gasteiger partial charge is 0.252 e. The SMILES string of the molecule is COc1cc(C)c(CN(C)S(=O)(=O)c2cccs2)cc1OC. The summed E-state index contributed by atoms with van der Waals surface area (Å²) in [5.74, 6) is 1.22. The third-order valence-corrected chi connectivity index (χ3v) is 6.57. The molecule has 1 aromatic heterocycles. The average Bonchev–Trinajstić information content (AvgIpc) is 3.03. The second kappa shape index (κ2) is 6.68. The van der Waals surface area contributed by atoms with Crippen molar-refractivity contribution in [1.82, 2.24) is 4.31 Å². The molecule has 0 amide bonds. The molecule has 0 atom stereocenters. The molecule has 1 aromatic carbocycles. The monoisotopic (exact) mass is 341 g/mol. The molecule has 0 saturated carbocycles. The van der Waals surface area contributed by atoms with Crippen LogP contribution in [0.15, 0.2) is 33.9 Å². The summed E-state index contributed by atoms with van der Waals surface area (Å²) in [6.45, 7) is 2.19. The Bertz CT molecular complexity index is 739. The van der Waals surface area contributed by atoms with Crippen LogP contribution in [0.3, 0.4) is 0 Å². The van der Waals surface area contributed by atoms with E-state index >= 15 is 0 Å². The summed E-state index contributed by atoms with van der Waals surface area (Å²) in [4.78, 5) is 0. The molecule has 22 heavy (non-hydrogen) atoms. The lowest BCUT2D eigenvalue weighted by molar-refractivity contribution is 0.353. The van der Waals surface area contributed by atoms with E-state index in [1.165, 1.54) is 15.6 Å². The Hall–Kier alpha value is -1.57. The van der Waals surface area contributed by atoms with Crippen LogP contribution in [0, 0.1) is 6.92 Å². The number of nitrogens with zero attached hydrogens (tertiary/aromatic N) is 1. The first-order valence-corrected chi connectivity index (χ1v) is 8.93. The van der Waals surface area contributed by atoms with Crippen molar-refractivity contribution < 1.29 is 17.9 Å². The van der Waals surface area contributed by atoms with Crippen molar-refractivity contribution >= 4 is 21.4 Å². The quantitative estimate of drug-likeness (QED) is 0.811. The van der Waals surface area contributed by atoms with Gasteiger partial charge >= 0.3 is 0 Å². The van der Waals surface area contributed by atoms with Crippen molar-refractivity contribution in [3.05, 3.63) is 40.8 Å². The molecular formula is C15H19NO4S2. The highest BCUT2D eigenvalue weighted by Gasteiger charge is 2.23. The zero-order chi connectivity index (χ0) is 16.3. The van der Waals surface area contributed by atoms with Crippen molar-refractivity contribution in [2.75, 3.05) is 21.3 Å². The maximum Gasteiger partial charge on any atom is 0.252 e. The Balaban J connectivity index is 2.31. The van der Waals surface area contributed by atoms with Gasteiger partial charge in [-0.3, -0.25) is 0 Å². The Morgan fingerprint density at radius 3 is 2.36 bits per heavy atom. The van der Waals surface area contributed by atoms with Crippen LogP contribution in [0.1, 0.15) is 11.1 Å². The lowest BCUT2D eigenvalue weighted by Crippen LogP contribution is -2.26. The highest BCUT2D eigenvalue weighted by atomic mass is 32.2. The third-order valence-electron chi connectivity index (χ3n) is 3.39. The lowest BCUT2D eigenvalue weighted by atomic mass is 10.1. The summed E-state index contributed by atoms with van der Waals surface area (Å²) in [6.07, 6.45) is 0. The number of rotatable bonds is 6. The van der Waals surface area contributed by atoms with Crippen LogP contribution in [0.4, 0.5) is 0 Å². The summed E-state index contributed by atoms with van der Waals surface area (Å²) >= 11 is 1.21. The van der Waals surface area contributed by atoms with E-state index in [2.05, 4.69) is 0 Å². The number of hydrogen-bond donors (Lipinski definition) is 0. The molecule has 2 aromatic rings. The van der Waals surface area contributed by atoms with Crippen LogP contribution in [-0.2, 0) is 16.6 Å². The summed E-state index contributed by atoms with van der Waals surface area (Å²) in [6, 6.07) is 7.00. The van der Waals surface area contributed by atoms with Gasteiger partial charge in [-0.05, 0) is 41.6 Å². The number of thiophene rings is 1. The number of methoxy groups -OCH3 is 2. The molecular weight excluding hydrogens is 322 g/mol. The third kappa shape index (κ3) is 3.26. The van der Waals surface area contributed by atoms with E-state index in [0.717, 1.165) is 11.1 Å². The van der Waals surface area contributed by atoms with E-state index in [-0.39, 0.29) is 6.54 Å². The maximum atomic E-state index is 12.5. The molecule has 7 heteroatoms. The molecule has 0 bridgehead atoms. The molecule has 0 aliphatic rings. The largest absolute Gasteiger partial charge is 0.493 e. The highest BCUT2D eigenvalue weighted by molar-refractivity contribution is 7.91. The lowest BCUT2D eigenvalue weighted by Gasteiger charge is -2.19. The van der Waals surface area contributed by atoms with Gasteiger partial charge in [0.05, 0.1) is 14.2 Å². The minimum absolute atomic E-state index is 0.270. The van der Waals surface area contributed by atoms with Gasteiger partial charge in [0.1, 0.15) is 4.21 Å². The predicted octanol–water partition coefficient (Wildman–Crippen LogP) is 2.89. The fraction of sp³-hybridized carbons (Fsp3) is 0.333. The van der Waals surface area contributed by atoms with Crippen LogP contribution in [0.25, 0.3) is 0 Å². The second-order valence-corrected chi connectivity index (χ2v) is 8.05. The van der Waals surface area contributed by atoms with Gasteiger partial charge in [0.15, 0.2) is 11.5 Å². The molecule has 0 N–H and O–H groups in total. The Morgan fingerprint density at radius 1 is 1.18 bits per heavy atom. The van der Waals surface area contributed by atoms with Crippen molar-refractivity contribution in [2.45, 2.75) is 17.7 Å². The molecule has 0 saturated heterocycles. The topological polar surface area (TPSA) is 55.8 Å². The Labute approximate surface area is 135 Å². The first-order valence-electron chi connectivity index (χ1n) is 6.61. The summed E-state index contributed by atoms with van der Waals surface area (Å²) in [5, 5.41) is 1.75. The number of benzene rings is 1. The molecule has 0 unspecified atom stereocenters. The molecule has 2 rings (SSSR count). The first kappa shape index (κ1) is 16.8. The van der Waals surface area contributed by atoms with Crippen molar-refractivity contribution in [3.63, 3.8) is 0 Å². The molecule has 5 nitrogen and oxygen atoms in total. The van der Waals surface area contributed by atoms with Crippen LogP contribution in [0.5, 0.6) is 11.5 Å². The number of sulfonamides is 1. The Kier molecular flexibility index (Phi) is 5.10. The van der Waals surface area contributed by atoms with Crippen LogP contribution in [0.2, 0.25) is 0 Å². The Morgan fingerprint density at radius 2 is 1.82 bits per heavy atom.